The van der Waals surface area contributed by atoms with E-state index < -0.39 is 0 Å². The number of hydrogen-bond donors (Lipinski definition) is 1. The SMILES string of the molecule is C=C(O)C(C)C.C=C(OC(C)(C)C)C(C)C.C=C(OC(C)C)C(C)C.C=C(OCC)C(C)C.C=C(OCC1CCCC1)C(C)C.C=C(OCc1ccccc1)C(C)C.CC(C)C(=O)OCC1CCCCC1. The van der Waals surface area contributed by atoms with E-state index in [-0.39, 0.29) is 35.3 Å². The van der Waals surface area contributed by atoms with Crippen LogP contribution in [0.15, 0.2) is 104 Å². The van der Waals surface area contributed by atoms with E-state index in [0.717, 1.165) is 47.9 Å². The lowest BCUT2D eigenvalue weighted by molar-refractivity contribution is -0.149. The third kappa shape index (κ3) is 49.3. The molecule has 8 nitrogen and oxygen atoms in total. The first-order valence-electron chi connectivity index (χ1n) is 27.0. The quantitative estimate of drug-likeness (QED) is 0.102. The number of aliphatic hydroxyl groups excluding tert-OH is 1. The van der Waals surface area contributed by atoms with Gasteiger partial charge in [-0.05, 0) is 84.6 Å². The summed E-state index contributed by atoms with van der Waals surface area (Å²) in [6.07, 6.45) is 12.2. The molecule has 2 aliphatic rings. The Morgan fingerprint density at radius 3 is 1.18 bits per heavy atom. The van der Waals surface area contributed by atoms with Crippen LogP contribution < -0.4 is 0 Å². The van der Waals surface area contributed by atoms with Crippen molar-refractivity contribution in [2.24, 2.45) is 53.3 Å². The van der Waals surface area contributed by atoms with Crippen molar-refractivity contribution >= 4 is 5.97 Å². The molecule has 0 heterocycles. The monoisotopic (exact) mass is 999 g/mol. The number of carbonyl (C=O) groups is 1. The van der Waals surface area contributed by atoms with Crippen molar-refractivity contribution in [2.45, 2.75) is 215 Å². The van der Waals surface area contributed by atoms with Crippen LogP contribution >= 0.6 is 0 Å². The first-order valence-corrected chi connectivity index (χ1v) is 27.0. The van der Waals surface area contributed by atoms with E-state index >= 15 is 0 Å². The molecule has 0 spiro atoms. The van der Waals surface area contributed by atoms with Crippen molar-refractivity contribution in [1.82, 2.24) is 0 Å². The first kappa shape index (κ1) is 73.5. The third-order valence-corrected chi connectivity index (χ3v) is 10.9. The smallest absolute Gasteiger partial charge is 0.308 e. The van der Waals surface area contributed by atoms with Gasteiger partial charge in [-0.3, -0.25) is 4.79 Å². The van der Waals surface area contributed by atoms with Gasteiger partial charge in [-0.15, -0.1) is 0 Å². The van der Waals surface area contributed by atoms with Crippen LogP contribution in [0.5, 0.6) is 0 Å². The van der Waals surface area contributed by atoms with Crippen LogP contribution in [0, 0.1) is 53.3 Å². The van der Waals surface area contributed by atoms with E-state index in [1.54, 1.807) is 0 Å². The van der Waals surface area contributed by atoms with E-state index in [9.17, 15) is 4.79 Å². The lowest BCUT2D eigenvalue weighted by atomic mass is 9.90. The molecule has 0 bridgehead atoms. The van der Waals surface area contributed by atoms with Crippen molar-refractivity contribution < 1.29 is 38.3 Å². The van der Waals surface area contributed by atoms with Gasteiger partial charge in [0.25, 0.3) is 0 Å². The number of esters is 1. The third-order valence-electron chi connectivity index (χ3n) is 10.9. The van der Waals surface area contributed by atoms with E-state index in [0.29, 0.717) is 48.7 Å². The maximum Gasteiger partial charge on any atom is 0.308 e. The van der Waals surface area contributed by atoms with Gasteiger partial charge in [-0.2, -0.15) is 0 Å². The van der Waals surface area contributed by atoms with Gasteiger partial charge in [-0.1, -0.05) is 199 Å². The van der Waals surface area contributed by atoms with E-state index in [4.69, 9.17) is 33.5 Å². The minimum absolute atomic E-state index is 0.0172. The predicted octanol–water partition coefficient (Wildman–Crippen LogP) is 19.0. The molecule has 8 heteroatoms. The molecule has 0 saturated heterocycles. The van der Waals surface area contributed by atoms with Gasteiger partial charge < -0.3 is 33.5 Å². The van der Waals surface area contributed by atoms with Crippen molar-refractivity contribution in [3.8, 4) is 0 Å². The topological polar surface area (TPSA) is 92.7 Å². The largest absolute Gasteiger partial charge is 0.513 e. The molecule has 3 rings (SSSR count). The molecule has 1 aromatic carbocycles. The van der Waals surface area contributed by atoms with E-state index in [2.05, 4.69) is 109 Å². The van der Waals surface area contributed by atoms with Crippen LogP contribution in [0.25, 0.3) is 0 Å². The molecule has 2 aliphatic carbocycles. The highest BCUT2D eigenvalue weighted by atomic mass is 16.5. The highest BCUT2D eigenvalue weighted by Crippen LogP contribution is 2.26. The number of rotatable bonds is 20. The van der Waals surface area contributed by atoms with Gasteiger partial charge in [0.15, 0.2) is 0 Å². The Balaban J connectivity index is -0.000000374. The van der Waals surface area contributed by atoms with Gasteiger partial charge in [0.05, 0.1) is 66.4 Å². The Kier molecular flexibility index (Phi) is 45.0. The number of benzene rings is 1. The van der Waals surface area contributed by atoms with Gasteiger partial charge in [0.1, 0.15) is 12.2 Å². The molecule has 0 aliphatic heterocycles. The Hall–Kier alpha value is -4.07. The number of allylic oxidation sites excluding steroid dienone is 6. The first-order chi connectivity index (χ1) is 32.8. The second-order valence-electron chi connectivity index (χ2n) is 22.1. The summed E-state index contributed by atoms with van der Waals surface area (Å²) in [6, 6.07) is 10.1. The second kappa shape index (κ2) is 43.5. The molecule has 71 heavy (non-hydrogen) atoms. The van der Waals surface area contributed by atoms with Crippen molar-refractivity contribution in [1.29, 1.82) is 0 Å². The fourth-order valence-electron chi connectivity index (χ4n) is 5.51. The molecular weight excluding hydrogens is 885 g/mol. The summed E-state index contributed by atoms with van der Waals surface area (Å²) in [5.41, 5.74) is 1.09. The van der Waals surface area contributed by atoms with Crippen LogP contribution in [0.4, 0.5) is 0 Å². The Morgan fingerprint density at radius 1 is 0.521 bits per heavy atom. The second-order valence-corrected chi connectivity index (χ2v) is 22.1. The Bertz CT molecular complexity index is 1530. The van der Waals surface area contributed by atoms with E-state index in [1.165, 1.54) is 63.4 Å². The molecule has 1 aromatic rings. The molecule has 2 fully saturated rings. The minimum atomic E-state index is -0.0959. The fourth-order valence-corrected chi connectivity index (χ4v) is 5.51. The van der Waals surface area contributed by atoms with Gasteiger partial charge >= 0.3 is 5.97 Å². The highest BCUT2D eigenvalue weighted by molar-refractivity contribution is 5.71. The van der Waals surface area contributed by atoms with Crippen LogP contribution in [0.1, 0.15) is 202 Å². The molecule has 0 atom stereocenters. The number of carbonyl (C=O) groups excluding carboxylic acids is 1. The van der Waals surface area contributed by atoms with Crippen LogP contribution in [0.2, 0.25) is 0 Å². The maximum absolute atomic E-state index is 11.2. The van der Waals surface area contributed by atoms with Crippen LogP contribution in [-0.2, 0) is 39.8 Å². The molecule has 0 amide bonds. The Labute approximate surface area is 440 Å². The fraction of sp³-hybridized carbons (Fsp3) is 0.698. The molecule has 0 radical (unpaired) electrons. The molecule has 414 valence electrons. The van der Waals surface area contributed by atoms with Crippen molar-refractivity contribution in [2.75, 3.05) is 19.8 Å². The molecular formula is C63H114O8. The molecule has 1 N–H and O–H groups in total. The summed E-state index contributed by atoms with van der Waals surface area (Å²) >= 11 is 0. The standard InChI is InChI=1S/C12H16O.C11H20O2.C11H20O.C9H18O.C8H16O.C7H14O.C5H10O/c1-10(2)11(3)13-9-12-7-5-4-6-8-12;1-9(2)11(12)13-8-10-6-4-3-5-7-10;1-9(2)10(3)12-8-11-6-4-5-7-11;1-7(2)8(3)10-9(4,5)6;1-6(2)8(5)9-7(3)4;1-5-8-7(4)6(2)3;1-4(2)5(3)6/h4-8,10H,3,9H2,1-2H3;9-10H,3-8H2,1-2H3;9,11H,3-8H2,1-2H3;7H,3H2,1-2,4-6H3;6-7H,5H2,1-4H3;6H,4-5H2,1-3H3;4,6H,3H2,1-2H3. The zero-order valence-electron chi connectivity index (χ0n) is 49.9. The summed E-state index contributed by atoms with van der Waals surface area (Å²) in [5, 5.41) is 8.44. The summed E-state index contributed by atoms with van der Waals surface area (Å²) < 4.78 is 32.2. The Morgan fingerprint density at radius 2 is 0.887 bits per heavy atom. The predicted molar refractivity (Wildman–Crippen MR) is 307 cm³/mol. The lowest BCUT2D eigenvalue weighted by Gasteiger charge is -2.24. The van der Waals surface area contributed by atoms with Gasteiger partial charge in [-0.25, -0.2) is 0 Å². The number of hydrogen-bond acceptors (Lipinski definition) is 8. The minimum Gasteiger partial charge on any atom is -0.513 e. The lowest BCUT2D eigenvalue weighted by Crippen LogP contribution is -2.19. The number of aliphatic hydroxyl groups is 1. The maximum atomic E-state index is 11.2. The summed E-state index contributed by atoms with van der Waals surface area (Å²) in [6.45, 7) is 65.7. The zero-order valence-corrected chi connectivity index (χ0v) is 49.9. The highest BCUT2D eigenvalue weighted by Gasteiger charge is 2.18. The van der Waals surface area contributed by atoms with E-state index in [1.807, 2.05) is 99.6 Å². The summed E-state index contributed by atoms with van der Waals surface area (Å²) in [7, 11) is 0. The summed E-state index contributed by atoms with van der Waals surface area (Å²) in [5.74, 6) is 8.47. The average molecular weight is 1000 g/mol. The van der Waals surface area contributed by atoms with Crippen LogP contribution in [0.3, 0.4) is 0 Å². The van der Waals surface area contributed by atoms with Crippen molar-refractivity contribution in [3.05, 3.63) is 110 Å². The van der Waals surface area contributed by atoms with Crippen LogP contribution in [-0.4, -0.2) is 42.6 Å². The molecule has 0 aromatic heterocycles. The van der Waals surface area contributed by atoms with Gasteiger partial charge in [0.2, 0.25) is 0 Å². The average Bonchev–Trinajstić information content (AvgIpc) is 3.81. The zero-order chi connectivity index (χ0) is 55.9. The number of ether oxygens (including phenoxy) is 6. The summed E-state index contributed by atoms with van der Waals surface area (Å²) in [4.78, 5) is 11.2. The molecule has 0 unspecified atom stereocenters. The molecule has 2 saturated carbocycles. The van der Waals surface area contributed by atoms with Crippen molar-refractivity contribution in [3.63, 3.8) is 0 Å². The van der Waals surface area contributed by atoms with Gasteiger partial charge in [0, 0.05) is 35.5 Å². The normalized spacial score (nSPS) is 13.3.